The van der Waals surface area contributed by atoms with Gasteiger partial charge in [-0.05, 0) is 39.1 Å². The first-order valence-corrected chi connectivity index (χ1v) is 6.43. The van der Waals surface area contributed by atoms with Gasteiger partial charge in [0.05, 0.1) is 11.9 Å². The monoisotopic (exact) mass is 336 g/mol. The molecule has 4 N–H and O–H groups in total. The number of hydrogen-bond donors (Lipinski definition) is 3. The molecular weight excluding hydrogens is 321 g/mol. The van der Waals surface area contributed by atoms with Crippen molar-refractivity contribution in [2.75, 3.05) is 10.6 Å². The number of alkyl halides is 3. The zero-order chi connectivity index (χ0) is 17.1. The predicted octanol–water partition coefficient (Wildman–Crippen LogP) is 3.10. The van der Waals surface area contributed by atoms with Crippen LogP contribution in [0, 0.1) is 0 Å². The van der Waals surface area contributed by atoms with E-state index in [1.54, 1.807) is 20.8 Å². The van der Waals surface area contributed by atoms with Crippen molar-refractivity contribution in [3.8, 4) is 0 Å². The normalized spacial score (nSPS) is 11.7. The Hall–Kier alpha value is -2.10. The van der Waals surface area contributed by atoms with Gasteiger partial charge in [-0.15, -0.1) is 0 Å². The minimum atomic E-state index is -4.70. The fraction of sp³-hybridized carbons (Fsp3) is 0.417. The second kappa shape index (κ2) is 6.34. The van der Waals surface area contributed by atoms with E-state index in [-0.39, 0.29) is 10.8 Å². The maximum absolute atomic E-state index is 13.0. The van der Waals surface area contributed by atoms with E-state index in [0.717, 1.165) is 6.20 Å². The number of nitrogens with zero attached hydrogens (tertiary/aromatic N) is 1. The fourth-order valence-corrected chi connectivity index (χ4v) is 1.48. The maximum atomic E-state index is 13.0. The molecule has 1 heterocycles. The molecular formula is C12H15F3N4O2S. The van der Waals surface area contributed by atoms with Crippen molar-refractivity contribution in [1.82, 2.24) is 4.98 Å². The molecule has 0 aliphatic rings. The third-order valence-corrected chi connectivity index (χ3v) is 2.18. The van der Waals surface area contributed by atoms with Gasteiger partial charge in [-0.2, -0.15) is 13.2 Å². The van der Waals surface area contributed by atoms with Crippen LogP contribution in [0.15, 0.2) is 12.3 Å². The van der Waals surface area contributed by atoms with Crippen molar-refractivity contribution in [3.63, 3.8) is 0 Å². The molecule has 0 aromatic carbocycles. The predicted molar refractivity (Wildman–Crippen MR) is 79.5 cm³/mol. The molecule has 10 heteroatoms. The van der Waals surface area contributed by atoms with Crippen molar-refractivity contribution < 1.29 is 22.7 Å². The lowest BCUT2D eigenvalue weighted by Crippen LogP contribution is -2.27. The van der Waals surface area contributed by atoms with E-state index < -0.39 is 29.3 Å². The summed E-state index contributed by atoms with van der Waals surface area (Å²) in [5.74, 6) is -0.547. The number of nitrogens with two attached hydrogens (primary N) is 1. The summed E-state index contributed by atoms with van der Waals surface area (Å²) in [4.78, 5) is 15.1. The molecule has 0 saturated heterocycles. The molecule has 1 amide bonds. The van der Waals surface area contributed by atoms with Crippen LogP contribution in [0.3, 0.4) is 0 Å². The fourth-order valence-electron chi connectivity index (χ4n) is 1.39. The van der Waals surface area contributed by atoms with Crippen LogP contribution in [0.5, 0.6) is 0 Å². The number of aromatic nitrogens is 1. The van der Waals surface area contributed by atoms with E-state index in [9.17, 15) is 18.0 Å². The summed E-state index contributed by atoms with van der Waals surface area (Å²) in [6, 6.07) is 0.706. The smallest absolute Gasteiger partial charge is 0.420 e. The Morgan fingerprint density at radius 2 is 1.91 bits per heavy atom. The highest BCUT2D eigenvalue weighted by Crippen LogP contribution is 2.35. The standard InChI is InChI=1S/C12H15F3N4O2S/c1-11(2,3)21-10(20)18-6-4-7(12(13,14)15)8(17-5-6)19-9(16)22/h4-5H,1-3H3,(H,18,20)(H3,16,17,19,22). The van der Waals surface area contributed by atoms with Crippen LogP contribution < -0.4 is 16.4 Å². The van der Waals surface area contributed by atoms with Crippen molar-refractivity contribution >= 4 is 34.9 Å². The van der Waals surface area contributed by atoms with E-state index in [1.165, 1.54) is 0 Å². The number of ether oxygens (including phenoxy) is 1. The number of amides is 1. The number of nitrogens with one attached hydrogen (secondary N) is 2. The van der Waals surface area contributed by atoms with Crippen molar-refractivity contribution in [1.29, 1.82) is 0 Å². The lowest BCUT2D eigenvalue weighted by atomic mass is 10.2. The van der Waals surface area contributed by atoms with Crippen LogP contribution in [0.25, 0.3) is 0 Å². The van der Waals surface area contributed by atoms with Crippen molar-refractivity contribution in [3.05, 3.63) is 17.8 Å². The van der Waals surface area contributed by atoms with Crippen LogP contribution >= 0.6 is 12.2 Å². The number of rotatable bonds is 2. The highest BCUT2D eigenvalue weighted by molar-refractivity contribution is 7.80. The van der Waals surface area contributed by atoms with Gasteiger partial charge >= 0.3 is 12.3 Å². The second-order valence-corrected chi connectivity index (χ2v) is 5.67. The Morgan fingerprint density at radius 3 is 2.36 bits per heavy atom. The van der Waals surface area contributed by atoms with Gasteiger partial charge in [0.2, 0.25) is 0 Å². The van der Waals surface area contributed by atoms with Gasteiger partial charge in [0.25, 0.3) is 0 Å². The molecule has 0 unspecified atom stereocenters. The average Bonchev–Trinajstić information content (AvgIpc) is 2.26. The summed E-state index contributed by atoms with van der Waals surface area (Å²) >= 11 is 4.49. The highest BCUT2D eigenvalue weighted by atomic mass is 32.1. The first-order chi connectivity index (χ1) is 9.88. The minimum absolute atomic E-state index is 0.171. The molecule has 1 aromatic rings. The number of anilines is 2. The zero-order valence-electron chi connectivity index (χ0n) is 12.0. The molecule has 0 saturated carbocycles. The van der Waals surface area contributed by atoms with Gasteiger partial charge in [-0.1, -0.05) is 0 Å². The van der Waals surface area contributed by atoms with Crippen LogP contribution in [-0.2, 0) is 10.9 Å². The Morgan fingerprint density at radius 1 is 1.32 bits per heavy atom. The molecule has 22 heavy (non-hydrogen) atoms. The molecule has 6 nitrogen and oxygen atoms in total. The Kier molecular flexibility index (Phi) is 5.17. The molecule has 122 valence electrons. The molecule has 1 rings (SSSR count). The van der Waals surface area contributed by atoms with Gasteiger partial charge in [-0.25, -0.2) is 9.78 Å². The van der Waals surface area contributed by atoms with E-state index in [1.807, 2.05) is 0 Å². The third kappa shape index (κ3) is 5.72. The van der Waals surface area contributed by atoms with Crippen LogP contribution in [-0.4, -0.2) is 21.8 Å². The van der Waals surface area contributed by atoms with Gasteiger partial charge in [-0.3, -0.25) is 5.32 Å². The molecule has 0 aliphatic heterocycles. The second-order valence-electron chi connectivity index (χ2n) is 5.23. The number of hydrogen-bond acceptors (Lipinski definition) is 4. The summed E-state index contributed by atoms with van der Waals surface area (Å²) in [6.45, 7) is 4.88. The quantitative estimate of drug-likeness (QED) is 0.719. The first kappa shape index (κ1) is 18.0. The Bertz CT molecular complexity index is 585. The third-order valence-electron chi connectivity index (χ3n) is 2.08. The molecule has 0 bridgehead atoms. The Labute approximate surface area is 130 Å². The van der Waals surface area contributed by atoms with Crippen LogP contribution in [0.2, 0.25) is 0 Å². The highest BCUT2D eigenvalue weighted by Gasteiger charge is 2.35. The van der Waals surface area contributed by atoms with Crippen LogP contribution in [0.1, 0.15) is 26.3 Å². The lowest BCUT2D eigenvalue weighted by Gasteiger charge is -2.20. The van der Waals surface area contributed by atoms with E-state index in [2.05, 4.69) is 27.8 Å². The molecule has 0 atom stereocenters. The summed E-state index contributed by atoms with van der Waals surface area (Å²) < 4.78 is 43.9. The van der Waals surface area contributed by atoms with Crippen molar-refractivity contribution in [2.45, 2.75) is 32.5 Å². The largest absolute Gasteiger partial charge is 0.444 e. The molecule has 1 aromatic heterocycles. The summed E-state index contributed by atoms with van der Waals surface area (Å²) in [7, 11) is 0. The SMILES string of the molecule is CC(C)(C)OC(=O)Nc1cnc(NC(N)=S)c(C(F)(F)F)c1. The molecule has 0 radical (unpaired) electrons. The number of carbonyl (C=O) groups is 1. The van der Waals surface area contributed by atoms with Crippen LogP contribution in [0.4, 0.5) is 29.5 Å². The Balaban J connectivity index is 3.04. The average molecular weight is 336 g/mol. The number of carbonyl (C=O) groups excluding carboxylic acids is 1. The maximum Gasteiger partial charge on any atom is 0.420 e. The first-order valence-electron chi connectivity index (χ1n) is 6.02. The van der Waals surface area contributed by atoms with Crippen molar-refractivity contribution in [2.24, 2.45) is 5.73 Å². The minimum Gasteiger partial charge on any atom is -0.444 e. The summed E-state index contributed by atoms with van der Waals surface area (Å²) in [5.41, 5.74) is 3.08. The zero-order valence-corrected chi connectivity index (χ0v) is 12.9. The lowest BCUT2D eigenvalue weighted by molar-refractivity contribution is -0.137. The van der Waals surface area contributed by atoms with E-state index >= 15 is 0 Å². The molecule has 0 aliphatic carbocycles. The number of halogens is 3. The van der Waals surface area contributed by atoms with Gasteiger partial charge in [0.1, 0.15) is 17.0 Å². The van der Waals surface area contributed by atoms with Gasteiger partial charge in [0, 0.05) is 0 Å². The van der Waals surface area contributed by atoms with Gasteiger partial charge in [0.15, 0.2) is 5.11 Å². The topological polar surface area (TPSA) is 89.3 Å². The summed E-state index contributed by atoms with van der Waals surface area (Å²) in [5, 5.41) is 3.95. The van der Waals surface area contributed by atoms with E-state index in [0.29, 0.717) is 6.07 Å². The number of pyridine rings is 1. The van der Waals surface area contributed by atoms with Gasteiger partial charge < -0.3 is 15.8 Å². The molecule has 0 fully saturated rings. The number of thiocarbonyl (C=S) groups is 1. The molecule has 0 spiro atoms. The van der Waals surface area contributed by atoms with E-state index in [4.69, 9.17) is 10.5 Å². The summed E-state index contributed by atoms with van der Waals surface area (Å²) in [6.07, 6.45) is -4.57.